The first kappa shape index (κ1) is 28.0. The van der Waals surface area contributed by atoms with Crippen LogP contribution in [0.5, 0.6) is 0 Å². The summed E-state index contributed by atoms with van der Waals surface area (Å²) >= 11 is 1.56. The average Bonchev–Trinajstić information content (AvgIpc) is 3.22. The second kappa shape index (κ2) is 10.8. The molecule has 1 aromatic heterocycles. The molecule has 2 aliphatic rings. The van der Waals surface area contributed by atoms with Gasteiger partial charge in [-0.25, -0.2) is 4.98 Å². The normalized spacial score (nSPS) is 37.5. The van der Waals surface area contributed by atoms with Gasteiger partial charge in [-0.05, 0) is 51.2 Å². The zero-order chi connectivity index (χ0) is 26.1. The predicted molar refractivity (Wildman–Crippen MR) is 136 cm³/mol. The van der Waals surface area contributed by atoms with Gasteiger partial charge in [0.2, 0.25) is 0 Å². The smallest absolute Gasteiger partial charge is 0.309 e. The average molecular weight is 508 g/mol. The van der Waals surface area contributed by atoms with Crippen LogP contribution in [0.25, 0.3) is 6.08 Å². The fourth-order valence-corrected chi connectivity index (χ4v) is 5.64. The minimum atomic E-state index is -1.23. The number of epoxide rings is 1. The van der Waals surface area contributed by atoms with Crippen molar-refractivity contribution in [3.63, 3.8) is 0 Å². The maximum absolute atomic E-state index is 13.2. The summed E-state index contributed by atoms with van der Waals surface area (Å²) in [5.74, 6) is -1.55. The van der Waals surface area contributed by atoms with E-state index in [9.17, 15) is 19.8 Å². The van der Waals surface area contributed by atoms with Gasteiger partial charge in [-0.15, -0.1) is 11.3 Å². The summed E-state index contributed by atoms with van der Waals surface area (Å²) in [6.45, 7) is 12.8. The number of Topliss-reactive ketones (excluding diaryl/α,β-unsaturated/α-hetero) is 1. The molecule has 0 saturated carbocycles. The van der Waals surface area contributed by atoms with E-state index in [0.717, 1.165) is 35.5 Å². The van der Waals surface area contributed by atoms with Crippen LogP contribution in [0, 0.1) is 24.2 Å². The number of aryl methyl sites for hydroxylation is 1. The van der Waals surface area contributed by atoms with Crippen LogP contribution < -0.4 is 0 Å². The summed E-state index contributed by atoms with van der Waals surface area (Å²) in [6, 6.07) is 0. The fourth-order valence-electron chi connectivity index (χ4n) is 5.07. The Morgan fingerprint density at radius 3 is 2.54 bits per heavy atom. The third-order valence-corrected chi connectivity index (χ3v) is 8.72. The van der Waals surface area contributed by atoms with E-state index >= 15 is 0 Å². The first-order valence-electron chi connectivity index (χ1n) is 12.6. The van der Waals surface area contributed by atoms with Crippen molar-refractivity contribution in [3.8, 4) is 0 Å². The molecule has 1 aromatic rings. The lowest BCUT2D eigenvalue weighted by molar-refractivity contribution is -0.154. The number of ether oxygens (including phenoxy) is 2. The quantitative estimate of drug-likeness (QED) is 0.449. The lowest BCUT2D eigenvalue weighted by Gasteiger charge is -2.34. The molecule has 35 heavy (non-hydrogen) atoms. The first-order chi connectivity index (χ1) is 16.2. The van der Waals surface area contributed by atoms with Gasteiger partial charge in [0.05, 0.1) is 46.5 Å². The van der Waals surface area contributed by atoms with Gasteiger partial charge in [-0.2, -0.15) is 0 Å². The van der Waals surface area contributed by atoms with E-state index in [1.165, 1.54) is 0 Å². The number of hydrogen-bond donors (Lipinski definition) is 2. The largest absolute Gasteiger partial charge is 0.458 e. The molecule has 1 unspecified atom stereocenters. The molecule has 8 heteroatoms. The summed E-state index contributed by atoms with van der Waals surface area (Å²) < 4.78 is 11.9. The second-order valence-electron chi connectivity index (χ2n) is 11.3. The van der Waals surface area contributed by atoms with E-state index < -0.39 is 35.6 Å². The van der Waals surface area contributed by atoms with Gasteiger partial charge in [-0.1, -0.05) is 34.1 Å². The molecule has 3 heterocycles. The number of carbonyl (C=O) groups is 2. The monoisotopic (exact) mass is 507 g/mol. The van der Waals surface area contributed by atoms with Crippen LogP contribution in [0.15, 0.2) is 11.0 Å². The van der Waals surface area contributed by atoms with E-state index in [0.29, 0.717) is 6.42 Å². The van der Waals surface area contributed by atoms with Crippen LogP contribution in [-0.4, -0.2) is 57.0 Å². The zero-order valence-corrected chi connectivity index (χ0v) is 22.9. The van der Waals surface area contributed by atoms with Crippen molar-refractivity contribution in [2.75, 3.05) is 0 Å². The number of esters is 1. The topological polar surface area (TPSA) is 109 Å². The maximum Gasteiger partial charge on any atom is 0.309 e. The summed E-state index contributed by atoms with van der Waals surface area (Å²) in [4.78, 5) is 30.6. The molecule has 0 spiro atoms. The maximum atomic E-state index is 13.2. The highest BCUT2D eigenvalue weighted by molar-refractivity contribution is 7.09. The number of nitrogens with zero attached hydrogens (tertiary/aromatic N) is 1. The highest BCUT2D eigenvalue weighted by Gasteiger charge is 2.53. The van der Waals surface area contributed by atoms with Gasteiger partial charge in [-0.3, -0.25) is 9.59 Å². The molecule has 0 aliphatic carbocycles. The van der Waals surface area contributed by atoms with Gasteiger partial charge in [0, 0.05) is 17.7 Å². The molecule has 2 aliphatic heterocycles. The molecule has 0 radical (unpaired) electrons. The van der Waals surface area contributed by atoms with Crippen molar-refractivity contribution in [3.05, 3.63) is 21.7 Å². The molecule has 196 valence electrons. The molecule has 3 rings (SSSR count). The van der Waals surface area contributed by atoms with Crippen molar-refractivity contribution in [2.45, 2.75) is 111 Å². The van der Waals surface area contributed by atoms with Crippen LogP contribution in [0.1, 0.15) is 84.3 Å². The van der Waals surface area contributed by atoms with Crippen molar-refractivity contribution < 1.29 is 29.3 Å². The van der Waals surface area contributed by atoms with Crippen molar-refractivity contribution in [2.24, 2.45) is 17.3 Å². The Kier molecular flexibility index (Phi) is 8.62. The summed E-state index contributed by atoms with van der Waals surface area (Å²) in [6.07, 6.45) is 1.98. The summed E-state index contributed by atoms with van der Waals surface area (Å²) in [7, 11) is 0. The number of carbonyl (C=O) groups excluding carboxylic acids is 2. The van der Waals surface area contributed by atoms with E-state index in [-0.39, 0.29) is 29.8 Å². The number of aromatic nitrogens is 1. The predicted octanol–water partition coefficient (Wildman–Crippen LogP) is 4.48. The minimum absolute atomic E-state index is 0.0455. The molecular formula is C27H41NO6S. The Balaban J connectivity index is 1.85. The van der Waals surface area contributed by atoms with Gasteiger partial charge in [0.1, 0.15) is 11.9 Å². The van der Waals surface area contributed by atoms with E-state index in [4.69, 9.17) is 9.47 Å². The molecule has 7 atom stereocenters. The number of fused-ring (bicyclic) bond motifs is 1. The Hall–Kier alpha value is -1.61. The third kappa shape index (κ3) is 6.59. The Bertz CT molecular complexity index is 955. The van der Waals surface area contributed by atoms with E-state index in [1.807, 2.05) is 32.2 Å². The number of aliphatic hydroxyl groups excluding tert-OH is 2. The molecule has 0 bridgehead atoms. The number of aliphatic hydroxyl groups is 2. The molecule has 0 amide bonds. The van der Waals surface area contributed by atoms with Crippen molar-refractivity contribution in [1.29, 1.82) is 0 Å². The van der Waals surface area contributed by atoms with Crippen LogP contribution in [0.4, 0.5) is 0 Å². The highest BCUT2D eigenvalue weighted by atomic mass is 32.1. The van der Waals surface area contributed by atoms with Crippen molar-refractivity contribution in [1.82, 2.24) is 4.98 Å². The zero-order valence-electron chi connectivity index (χ0n) is 22.0. The van der Waals surface area contributed by atoms with E-state index in [2.05, 4.69) is 11.9 Å². The third-order valence-electron chi connectivity index (χ3n) is 7.93. The number of thiazole rings is 1. The van der Waals surface area contributed by atoms with Gasteiger partial charge in [0.15, 0.2) is 0 Å². The Morgan fingerprint density at radius 2 is 1.91 bits per heavy atom. The fraction of sp³-hybridized carbons (Fsp3) is 0.741. The van der Waals surface area contributed by atoms with Gasteiger partial charge >= 0.3 is 5.97 Å². The number of cyclic esters (lactones) is 1. The highest BCUT2D eigenvalue weighted by Crippen LogP contribution is 2.45. The standard InChI is InChI=1S/C27H41NO6S/c1-15-9-8-10-27(7)22(34-27)12-20(16(2)11-19-14-35-18(4)28-19)33-23(30)13-21(29)26(5,6)25(32)17(3)24(15)31/h11,14-15,17,20-22,24,29,31H,8-10,12-13H2,1-7H3/b16-11+/t15-,17+,20-,21-,22-,24-,27?/m0/s1. The Morgan fingerprint density at radius 1 is 1.23 bits per heavy atom. The summed E-state index contributed by atoms with van der Waals surface area (Å²) in [5.41, 5.74) is 0.179. The Labute approximate surface area is 212 Å². The second-order valence-corrected chi connectivity index (χ2v) is 12.3. The van der Waals surface area contributed by atoms with Crippen LogP contribution >= 0.6 is 11.3 Å². The molecule has 2 fully saturated rings. The minimum Gasteiger partial charge on any atom is -0.458 e. The SMILES string of the molecule is C/C(=C\c1csc(C)n1)[C@@H]1C[C@@H]2OC2(C)CCC[C@H](C)[C@H](O)[C@@H](C)C(=O)C(C)(C)[C@@H](O)CC(=O)O1. The number of ketones is 1. The molecule has 2 saturated heterocycles. The van der Waals surface area contributed by atoms with Gasteiger partial charge < -0.3 is 19.7 Å². The lowest BCUT2D eigenvalue weighted by atomic mass is 9.73. The molecular weight excluding hydrogens is 466 g/mol. The van der Waals surface area contributed by atoms with Crippen LogP contribution in [0.3, 0.4) is 0 Å². The van der Waals surface area contributed by atoms with Crippen molar-refractivity contribution >= 4 is 29.2 Å². The van der Waals surface area contributed by atoms with Gasteiger partial charge in [0.25, 0.3) is 0 Å². The van der Waals surface area contributed by atoms with Crippen LogP contribution in [0.2, 0.25) is 0 Å². The summed E-state index contributed by atoms with van der Waals surface area (Å²) in [5, 5.41) is 24.6. The molecule has 7 nitrogen and oxygen atoms in total. The molecule has 0 aromatic carbocycles. The first-order valence-corrected chi connectivity index (χ1v) is 13.5. The number of hydrogen-bond acceptors (Lipinski definition) is 8. The molecule has 2 N–H and O–H groups in total. The number of rotatable bonds is 2. The van der Waals surface area contributed by atoms with E-state index in [1.54, 1.807) is 32.1 Å². The lowest BCUT2D eigenvalue weighted by Crippen LogP contribution is -2.45. The van der Waals surface area contributed by atoms with Crippen LogP contribution in [-0.2, 0) is 19.1 Å².